The number of halogens is 1. The second-order valence-electron chi connectivity index (χ2n) is 5.81. The van der Waals surface area contributed by atoms with Crippen LogP contribution in [0.15, 0.2) is 40.9 Å². The molecule has 0 spiro atoms. The van der Waals surface area contributed by atoms with Gasteiger partial charge in [0.15, 0.2) is 18.1 Å². The number of nitro benzene ring substituents is 1. The van der Waals surface area contributed by atoms with E-state index in [1.807, 2.05) is 0 Å². The Kier molecular flexibility index (Phi) is 6.48. The Morgan fingerprint density at radius 2 is 2.07 bits per heavy atom. The van der Waals surface area contributed by atoms with Gasteiger partial charge in [0.25, 0.3) is 11.6 Å². The number of nitro groups is 1. The number of ether oxygens (including phenoxy) is 3. The van der Waals surface area contributed by atoms with Crippen LogP contribution in [-0.4, -0.2) is 34.7 Å². The summed E-state index contributed by atoms with van der Waals surface area (Å²) in [5, 5.41) is 15.7. The molecule has 0 aliphatic rings. The van der Waals surface area contributed by atoms with Crippen LogP contribution >= 0.6 is 11.6 Å². The van der Waals surface area contributed by atoms with Crippen LogP contribution in [0, 0.1) is 10.1 Å². The fraction of sp³-hybridized carbons (Fsp3) is 0.211. The standard InChI is InChI=1S/C19H16ClN3O7/c1-3-28-16-9-14(23(25)26)13(8-15(16)27-2)19(24)29-10-17-21-18(22-30-17)11-5-4-6-12(20)7-11/h4-9H,3,10H2,1-2H3. The first kappa shape index (κ1) is 21.1. The summed E-state index contributed by atoms with van der Waals surface area (Å²) in [6.07, 6.45) is 0. The molecule has 0 saturated heterocycles. The van der Waals surface area contributed by atoms with Crippen molar-refractivity contribution in [2.45, 2.75) is 13.5 Å². The molecule has 1 aromatic heterocycles. The predicted molar refractivity (Wildman–Crippen MR) is 105 cm³/mol. The molecule has 0 N–H and O–H groups in total. The molecule has 0 unspecified atom stereocenters. The lowest BCUT2D eigenvalue weighted by Gasteiger charge is -2.11. The molecule has 156 valence electrons. The third-order valence-electron chi connectivity index (χ3n) is 3.88. The van der Waals surface area contributed by atoms with Crippen LogP contribution in [-0.2, 0) is 11.3 Å². The number of carbonyl (C=O) groups is 1. The summed E-state index contributed by atoms with van der Waals surface area (Å²) >= 11 is 5.94. The fourth-order valence-corrected chi connectivity index (χ4v) is 2.75. The smallest absolute Gasteiger partial charge is 0.345 e. The first-order valence-electron chi connectivity index (χ1n) is 8.67. The van der Waals surface area contributed by atoms with Crippen molar-refractivity contribution < 1.29 is 28.5 Å². The summed E-state index contributed by atoms with van der Waals surface area (Å²) in [6.45, 7) is 1.61. The lowest BCUT2D eigenvalue weighted by molar-refractivity contribution is -0.385. The van der Waals surface area contributed by atoms with Gasteiger partial charge < -0.3 is 18.7 Å². The molecule has 30 heavy (non-hydrogen) atoms. The maximum atomic E-state index is 12.5. The van der Waals surface area contributed by atoms with E-state index in [2.05, 4.69) is 10.1 Å². The van der Waals surface area contributed by atoms with Gasteiger partial charge in [0.1, 0.15) is 5.56 Å². The van der Waals surface area contributed by atoms with Crippen LogP contribution in [0.25, 0.3) is 11.4 Å². The van der Waals surface area contributed by atoms with Crippen molar-refractivity contribution in [3.8, 4) is 22.9 Å². The molecule has 3 aromatic rings. The van der Waals surface area contributed by atoms with Crippen LogP contribution in [0.3, 0.4) is 0 Å². The minimum atomic E-state index is -0.953. The van der Waals surface area contributed by atoms with E-state index < -0.39 is 16.6 Å². The zero-order valence-corrected chi connectivity index (χ0v) is 16.7. The molecular formula is C19H16ClN3O7. The van der Waals surface area contributed by atoms with Gasteiger partial charge in [-0.1, -0.05) is 28.9 Å². The Bertz CT molecular complexity index is 1080. The number of rotatable bonds is 8. The van der Waals surface area contributed by atoms with Crippen LogP contribution in [0.4, 0.5) is 5.69 Å². The quantitative estimate of drug-likeness (QED) is 0.293. The van der Waals surface area contributed by atoms with Gasteiger partial charge in [0, 0.05) is 16.7 Å². The van der Waals surface area contributed by atoms with Crippen molar-refractivity contribution in [1.82, 2.24) is 10.1 Å². The highest BCUT2D eigenvalue weighted by molar-refractivity contribution is 6.30. The Labute approximate surface area is 175 Å². The molecule has 0 amide bonds. The molecule has 0 atom stereocenters. The molecule has 10 nitrogen and oxygen atoms in total. The van der Waals surface area contributed by atoms with Gasteiger partial charge in [0.05, 0.1) is 24.7 Å². The minimum Gasteiger partial charge on any atom is -0.493 e. The molecule has 0 aliphatic heterocycles. The zero-order valence-electron chi connectivity index (χ0n) is 16.0. The molecule has 11 heteroatoms. The van der Waals surface area contributed by atoms with Crippen molar-refractivity contribution in [1.29, 1.82) is 0 Å². The van der Waals surface area contributed by atoms with E-state index in [-0.39, 0.29) is 42.0 Å². The van der Waals surface area contributed by atoms with Crippen molar-refractivity contribution in [2.24, 2.45) is 0 Å². The van der Waals surface area contributed by atoms with Crippen molar-refractivity contribution in [3.05, 3.63) is 63.0 Å². The molecular weight excluding hydrogens is 418 g/mol. The van der Waals surface area contributed by atoms with E-state index in [0.717, 1.165) is 6.07 Å². The van der Waals surface area contributed by atoms with Crippen molar-refractivity contribution in [2.75, 3.05) is 13.7 Å². The van der Waals surface area contributed by atoms with Gasteiger partial charge in [0.2, 0.25) is 5.82 Å². The lowest BCUT2D eigenvalue weighted by Crippen LogP contribution is -2.10. The lowest BCUT2D eigenvalue weighted by atomic mass is 10.1. The third-order valence-corrected chi connectivity index (χ3v) is 4.11. The number of carbonyl (C=O) groups excluding carboxylic acids is 1. The second kappa shape index (κ2) is 9.23. The Morgan fingerprint density at radius 3 is 2.73 bits per heavy atom. The van der Waals surface area contributed by atoms with Crippen molar-refractivity contribution in [3.63, 3.8) is 0 Å². The summed E-state index contributed by atoms with van der Waals surface area (Å²) in [7, 11) is 1.36. The normalized spacial score (nSPS) is 10.5. The van der Waals surface area contributed by atoms with Crippen LogP contribution < -0.4 is 9.47 Å². The van der Waals surface area contributed by atoms with Gasteiger partial charge in [-0.3, -0.25) is 10.1 Å². The van der Waals surface area contributed by atoms with Crippen LogP contribution in [0.1, 0.15) is 23.2 Å². The topological polar surface area (TPSA) is 127 Å². The third kappa shape index (κ3) is 4.66. The summed E-state index contributed by atoms with van der Waals surface area (Å²) in [6, 6.07) is 9.12. The molecule has 0 bridgehead atoms. The van der Waals surface area contributed by atoms with Crippen LogP contribution in [0.5, 0.6) is 11.5 Å². The largest absolute Gasteiger partial charge is 0.493 e. The van der Waals surface area contributed by atoms with E-state index in [1.54, 1.807) is 31.2 Å². The highest BCUT2D eigenvalue weighted by atomic mass is 35.5. The molecule has 3 rings (SSSR count). The van der Waals surface area contributed by atoms with Gasteiger partial charge in [-0.15, -0.1) is 0 Å². The number of esters is 1. The van der Waals surface area contributed by atoms with E-state index in [4.69, 9.17) is 30.3 Å². The highest BCUT2D eigenvalue weighted by Crippen LogP contribution is 2.35. The fourth-order valence-electron chi connectivity index (χ4n) is 2.55. The molecule has 0 fully saturated rings. The Hall–Kier alpha value is -3.66. The van der Waals surface area contributed by atoms with Gasteiger partial charge >= 0.3 is 5.97 Å². The zero-order chi connectivity index (χ0) is 21.7. The van der Waals surface area contributed by atoms with E-state index in [0.29, 0.717) is 10.6 Å². The van der Waals surface area contributed by atoms with E-state index >= 15 is 0 Å². The Morgan fingerprint density at radius 1 is 1.27 bits per heavy atom. The monoisotopic (exact) mass is 433 g/mol. The number of hydrogen-bond donors (Lipinski definition) is 0. The molecule has 1 heterocycles. The number of hydrogen-bond acceptors (Lipinski definition) is 9. The maximum absolute atomic E-state index is 12.5. The summed E-state index contributed by atoms with van der Waals surface area (Å²) in [5.74, 6) is -0.372. The second-order valence-corrected chi connectivity index (χ2v) is 6.24. The summed E-state index contributed by atoms with van der Waals surface area (Å²) in [4.78, 5) is 27.3. The molecule has 0 radical (unpaired) electrons. The average Bonchev–Trinajstić information content (AvgIpc) is 3.21. The summed E-state index contributed by atoms with van der Waals surface area (Å²) < 4.78 is 20.6. The molecule has 0 aliphatic carbocycles. The number of methoxy groups -OCH3 is 1. The number of aromatic nitrogens is 2. The first-order chi connectivity index (χ1) is 14.4. The number of benzene rings is 2. The maximum Gasteiger partial charge on any atom is 0.345 e. The first-order valence-corrected chi connectivity index (χ1v) is 9.05. The van der Waals surface area contributed by atoms with E-state index in [9.17, 15) is 14.9 Å². The van der Waals surface area contributed by atoms with Gasteiger partial charge in [-0.05, 0) is 19.1 Å². The van der Waals surface area contributed by atoms with Crippen molar-refractivity contribution >= 4 is 23.3 Å². The van der Waals surface area contributed by atoms with Gasteiger partial charge in [-0.2, -0.15) is 4.98 Å². The minimum absolute atomic E-state index is 0.0129. The van der Waals surface area contributed by atoms with E-state index in [1.165, 1.54) is 13.2 Å². The van der Waals surface area contributed by atoms with Gasteiger partial charge in [-0.25, -0.2) is 4.79 Å². The average molecular weight is 434 g/mol. The molecule has 2 aromatic carbocycles. The summed E-state index contributed by atoms with van der Waals surface area (Å²) in [5.41, 5.74) is -0.153. The van der Waals surface area contributed by atoms with Crippen LogP contribution in [0.2, 0.25) is 5.02 Å². The highest BCUT2D eigenvalue weighted by Gasteiger charge is 2.26. The number of nitrogens with zero attached hydrogens (tertiary/aromatic N) is 3. The molecule has 0 saturated carbocycles. The predicted octanol–water partition coefficient (Wildman–Crippen LogP) is 4.06. The Balaban J connectivity index is 1.78. The SMILES string of the molecule is CCOc1cc([N+](=O)[O-])c(C(=O)OCc2nc(-c3cccc(Cl)c3)no2)cc1OC.